The molecular formula is C20H25N. The molecule has 1 heteroatoms. The van der Waals surface area contributed by atoms with E-state index in [2.05, 4.69) is 86.5 Å². The molecular weight excluding hydrogens is 254 g/mol. The summed E-state index contributed by atoms with van der Waals surface area (Å²) >= 11 is 0. The zero-order chi connectivity index (χ0) is 14.9. The first-order valence-electron chi connectivity index (χ1n) is 8.03. The van der Waals surface area contributed by atoms with Crippen LogP contribution in [0, 0.1) is 0 Å². The van der Waals surface area contributed by atoms with Gasteiger partial charge in [0, 0.05) is 17.5 Å². The minimum absolute atomic E-state index is 0.117. The van der Waals surface area contributed by atoms with Gasteiger partial charge >= 0.3 is 0 Å². The molecule has 0 saturated carbocycles. The Morgan fingerprint density at radius 2 is 1.43 bits per heavy atom. The minimum Gasteiger partial charge on any atom is -0.299 e. The van der Waals surface area contributed by atoms with Gasteiger partial charge in [-0.1, -0.05) is 67.6 Å². The molecule has 110 valence electrons. The van der Waals surface area contributed by atoms with E-state index in [0.717, 1.165) is 0 Å². The lowest BCUT2D eigenvalue weighted by atomic mass is 9.68. The molecule has 2 atom stereocenters. The molecule has 1 fully saturated rings. The molecule has 1 nitrogen and oxygen atoms in total. The minimum atomic E-state index is 0.117. The molecule has 0 bridgehead atoms. The van der Waals surface area contributed by atoms with Gasteiger partial charge in [-0.15, -0.1) is 0 Å². The van der Waals surface area contributed by atoms with Gasteiger partial charge in [-0.3, -0.25) is 4.90 Å². The molecule has 1 aliphatic rings. The normalized spacial score (nSPS) is 25.1. The Morgan fingerprint density at radius 1 is 0.952 bits per heavy atom. The van der Waals surface area contributed by atoms with Crippen LogP contribution < -0.4 is 0 Å². The fourth-order valence-corrected chi connectivity index (χ4v) is 4.30. The van der Waals surface area contributed by atoms with Crippen molar-refractivity contribution in [2.75, 3.05) is 7.05 Å². The van der Waals surface area contributed by atoms with Crippen LogP contribution in [0.3, 0.4) is 0 Å². The molecule has 0 radical (unpaired) electrons. The van der Waals surface area contributed by atoms with E-state index < -0.39 is 0 Å². The van der Waals surface area contributed by atoms with Crippen LogP contribution in [0.25, 0.3) is 0 Å². The Hall–Kier alpha value is -1.60. The highest BCUT2D eigenvalue weighted by atomic mass is 15.2. The van der Waals surface area contributed by atoms with Crippen LogP contribution in [0.2, 0.25) is 0 Å². The maximum Gasteiger partial charge on any atom is 0.0372 e. The second-order valence-electron chi connectivity index (χ2n) is 6.35. The van der Waals surface area contributed by atoms with Crippen LogP contribution in [0.5, 0.6) is 0 Å². The molecule has 1 unspecified atom stereocenters. The average Bonchev–Trinajstić information content (AvgIpc) is 2.81. The quantitative estimate of drug-likeness (QED) is 0.801. The molecule has 2 aromatic rings. The number of rotatable bonds is 3. The Balaban J connectivity index is 2.21. The molecule has 0 aromatic heterocycles. The van der Waals surface area contributed by atoms with Crippen LogP contribution in [0.1, 0.15) is 37.8 Å². The second-order valence-corrected chi connectivity index (χ2v) is 6.35. The molecule has 0 N–H and O–H groups in total. The molecule has 1 heterocycles. The Kier molecular flexibility index (Phi) is 3.86. The SMILES string of the molecule is CC[C@@H]1N(C)C(C)CC1(c1ccccc1)c1ccccc1. The largest absolute Gasteiger partial charge is 0.299 e. The van der Waals surface area contributed by atoms with Crippen LogP contribution in [0.15, 0.2) is 60.7 Å². The van der Waals surface area contributed by atoms with E-state index in [9.17, 15) is 0 Å². The van der Waals surface area contributed by atoms with Gasteiger partial charge in [0.1, 0.15) is 0 Å². The maximum absolute atomic E-state index is 2.57. The Bertz CT molecular complexity index is 536. The lowest BCUT2D eigenvalue weighted by molar-refractivity contribution is 0.224. The molecule has 2 aromatic carbocycles. The first-order valence-corrected chi connectivity index (χ1v) is 8.03. The lowest BCUT2D eigenvalue weighted by Gasteiger charge is -2.38. The predicted octanol–water partition coefficient (Wildman–Crippen LogP) is 4.48. The Morgan fingerprint density at radius 3 is 1.86 bits per heavy atom. The number of hydrogen-bond acceptors (Lipinski definition) is 1. The number of benzene rings is 2. The second kappa shape index (κ2) is 5.65. The molecule has 0 spiro atoms. The summed E-state index contributed by atoms with van der Waals surface area (Å²) in [5, 5.41) is 0. The van der Waals surface area contributed by atoms with Crippen molar-refractivity contribution in [2.45, 2.75) is 44.2 Å². The van der Waals surface area contributed by atoms with Crippen LogP contribution in [-0.4, -0.2) is 24.0 Å². The Labute approximate surface area is 128 Å². The van der Waals surface area contributed by atoms with Crippen molar-refractivity contribution in [3.05, 3.63) is 71.8 Å². The van der Waals surface area contributed by atoms with Crippen LogP contribution in [-0.2, 0) is 5.41 Å². The average molecular weight is 279 g/mol. The summed E-state index contributed by atoms with van der Waals surface area (Å²) in [6.45, 7) is 4.68. The first kappa shape index (κ1) is 14.3. The van der Waals surface area contributed by atoms with Gasteiger partial charge in [0.05, 0.1) is 0 Å². The van der Waals surface area contributed by atoms with Crippen molar-refractivity contribution < 1.29 is 0 Å². The highest BCUT2D eigenvalue weighted by Crippen LogP contribution is 2.48. The molecule has 1 saturated heterocycles. The van der Waals surface area contributed by atoms with Gasteiger partial charge in [-0.25, -0.2) is 0 Å². The van der Waals surface area contributed by atoms with E-state index in [0.29, 0.717) is 12.1 Å². The van der Waals surface area contributed by atoms with Crippen molar-refractivity contribution in [1.82, 2.24) is 4.90 Å². The van der Waals surface area contributed by atoms with Crippen molar-refractivity contribution >= 4 is 0 Å². The fourth-order valence-electron chi connectivity index (χ4n) is 4.30. The van der Waals surface area contributed by atoms with Crippen LogP contribution >= 0.6 is 0 Å². The van der Waals surface area contributed by atoms with Crippen molar-refractivity contribution in [3.63, 3.8) is 0 Å². The zero-order valence-electron chi connectivity index (χ0n) is 13.3. The van der Waals surface area contributed by atoms with E-state index in [-0.39, 0.29) is 5.41 Å². The number of likely N-dealkylation sites (tertiary alicyclic amines) is 1. The summed E-state index contributed by atoms with van der Waals surface area (Å²) in [6.07, 6.45) is 2.36. The van der Waals surface area contributed by atoms with Crippen molar-refractivity contribution in [3.8, 4) is 0 Å². The standard InChI is InChI=1S/C20H25N/c1-4-19-20(15-16(2)21(19)3,17-11-7-5-8-12-17)18-13-9-6-10-14-18/h5-14,16,19H,4,15H2,1-3H3/t16?,19-/m0/s1. The van der Waals surface area contributed by atoms with Gasteiger partial charge in [0.25, 0.3) is 0 Å². The number of likely N-dealkylation sites (N-methyl/N-ethyl adjacent to an activating group) is 1. The summed E-state index contributed by atoms with van der Waals surface area (Å²) in [5.74, 6) is 0. The molecule has 3 rings (SSSR count). The van der Waals surface area contributed by atoms with E-state index >= 15 is 0 Å². The third kappa shape index (κ3) is 2.20. The monoisotopic (exact) mass is 279 g/mol. The van der Waals surface area contributed by atoms with E-state index in [1.807, 2.05) is 0 Å². The van der Waals surface area contributed by atoms with Gasteiger partial charge in [0.2, 0.25) is 0 Å². The lowest BCUT2D eigenvalue weighted by Crippen LogP contribution is -2.42. The topological polar surface area (TPSA) is 3.24 Å². The van der Waals surface area contributed by atoms with Gasteiger partial charge in [-0.2, -0.15) is 0 Å². The van der Waals surface area contributed by atoms with E-state index in [4.69, 9.17) is 0 Å². The molecule has 0 aliphatic carbocycles. The van der Waals surface area contributed by atoms with Gasteiger partial charge < -0.3 is 0 Å². The summed E-state index contributed by atoms with van der Waals surface area (Å²) < 4.78 is 0. The summed E-state index contributed by atoms with van der Waals surface area (Å²) in [5.41, 5.74) is 3.03. The van der Waals surface area contributed by atoms with E-state index in [1.54, 1.807) is 0 Å². The molecule has 1 aliphatic heterocycles. The molecule has 0 amide bonds. The van der Waals surface area contributed by atoms with Gasteiger partial charge in [-0.05, 0) is 37.9 Å². The third-order valence-electron chi connectivity index (χ3n) is 5.34. The van der Waals surface area contributed by atoms with Crippen molar-refractivity contribution in [1.29, 1.82) is 0 Å². The smallest absolute Gasteiger partial charge is 0.0372 e. The predicted molar refractivity (Wildman–Crippen MR) is 89.6 cm³/mol. The fraction of sp³-hybridized carbons (Fsp3) is 0.400. The van der Waals surface area contributed by atoms with Gasteiger partial charge in [0.15, 0.2) is 0 Å². The van der Waals surface area contributed by atoms with Crippen molar-refractivity contribution in [2.24, 2.45) is 0 Å². The number of hydrogen-bond donors (Lipinski definition) is 0. The molecule has 21 heavy (non-hydrogen) atoms. The summed E-state index contributed by atoms with van der Waals surface area (Å²) in [7, 11) is 2.28. The summed E-state index contributed by atoms with van der Waals surface area (Å²) in [4.78, 5) is 2.57. The number of nitrogens with zero attached hydrogens (tertiary/aromatic N) is 1. The highest BCUT2D eigenvalue weighted by molar-refractivity contribution is 5.43. The summed E-state index contributed by atoms with van der Waals surface area (Å²) in [6, 6.07) is 23.3. The zero-order valence-corrected chi connectivity index (χ0v) is 13.3. The third-order valence-corrected chi connectivity index (χ3v) is 5.34. The highest BCUT2D eigenvalue weighted by Gasteiger charge is 2.50. The van der Waals surface area contributed by atoms with Crippen LogP contribution in [0.4, 0.5) is 0 Å². The van der Waals surface area contributed by atoms with E-state index in [1.165, 1.54) is 24.0 Å². The maximum atomic E-state index is 2.57. The first-order chi connectivity index (χ1) is 10.2.